The van der Waals surface area contributed by atoms with E-state index < -0.39 is 5.97 Å². The first-order chi connectivity index (χ1) is 14.6. The number of Topliss-reactive ketones (excluding diaryl/α,β-unsaturated/α-hetero) is 1. The van der Waals surface area contributed by atoms with Gasteiger partial charge in [-0.25, -0.2) is 0 Å². The lowest BCUT2D eigenvalue weighted by Crippen LogP contribution is -2.11. The molecule has 0 radical (unpaired) electrons. The third kappa shape index (κ3) is 6.48. The Balaban J connectivity index is 1.77. The molecular weight excluding hydrogens is 380 g/mol. The van der Waals surface area contributed by atoms with Crippen LogP contribution in [-0.2, 0) is 22.7 Å². The van der Waals surface area contributed by atoms with Gasteiger partial charge in [0.15, 0.2) is 5.78 Å². The van der Waals surface area contributed by atoms with Crippen LogP contribution in [0.15, 0.2) is 78.9 Å². The van der Waals surface area contributed by atoms with Gasteiger partial charge in [-0.2, -0.15) is 0 Å². The molecule has 0 heterocycles. The van der Waals surface area contributed by atoms with E-state index in [0.717, 1.165) is 11.1 Å². The summed E-state index contributed by atoms with van der Waals surface area (Å²) in [6.07, 6.45) is -0.325. The molecular formula is C25H24O5. The van der Waals surface area contributed by atoms with Crippen molar-refractivity contribution < 1.29 is 23.8 Å². The van der Waals surface area contributed by atoms with E-state index in [1.54, 1.807) is 25.1 Å². The number of esters is 1. The summed E-state index contributed by atoms with van der Waals surface area (Å²) in [6, 6.07) is 24.5. The highest BCUT2D eigenvalue weighted by Gasteiger charge is 2.15. The highest BCUT2D eigenvalue weighted by Crippen LogP contribution is 2.26. The highest BCUT2D eigenvalue weighted by molar-refractivity contribution is 6.06. The van der Waals surface area contributed by atoms with E-state index in [1.807, 2.05) is 60.7 Å². The molecule has 0 N–H and O–H groups in total. The average Bonchev–Trinajstić information content (AvgIpc) is 2.78. The molecule has 3 aromatic rings. The van der Waals surface area contributed by atoms with E-state index >= 15 is 0 Å². The van der Waals surface area contributed by atoms with E-state index in [0.29, 0.717) is 30.3 Å². The van der Waals surface area contributed by atoms with Gasteiger partial charge in [0.2, 0.25) is 0 Å². The predicted molar refractivity (Wildman–Crippen MR) is 114 cm³/mol. The Bertz CT molecular complexity index is 906. The molecule has 3 rings (SSSR count). The van der Waals surface area contributed by atoms with E-state index in [4.69, 9.17) is 14.2 Å². The van der Waals surface area contributed by atoms with Crippen LogP contribution in [0.2, 0.25) is 0 Å². The summed E-state index contributed by atoms with van der Waals surface area (Å²) >= 11 is 0. The summed E-state index contributed by atoms with van der Waals surface area (Å²) in [5.74, 6) is 0.0984. The van der Waals surface area contributed by atoms with Gasteiger partial charge in [-0.15, -0.1) is 0 Å². The van der Waals surface area contributed by atoms with Gasteiger partial charge in [-0.3, -0.25) is 9.59 Å². The molecule has 0 aliphatic heterocycles. The summed E-state index contributed by atoms with van der Waals surface area (Å²) in [5, 5.41) is 0. The molecule has 30 heavy (non-hydrogen) atoms. The lowest BCUT2D eigenvalue weighted by molar-refractivity contribution is -0.141. The molecule has 0 bridgehead atoms. The first kappa shape index (κ1) is 21.1. The molecule has 5 heteroatoms. The summed E-state index contributed by atoms with van der Waals surface area (Å²) in [6.45, 7) is 2.65. The number of ether oxygens (including phenoxy) is 3. The van der Waals surface area contributed by atoms with Crippen LogP contribution in [-0.4, -0.2) is 18.4 Å². The van der Waals surface area contributed by atoms with Crippen LogP contribution in [0.1, 0.15) is 34.8 Å². The normalized spacial score (nSPS) is 10.3. The standard InChI is InChI=1S/C25H24O5/c1-2-28-25(27)16-24(26)21-13-22(29-17-19-9-5-3-6-10-19)15-23(14-21)30-18-20-11-7-4-8-12-20/h3-15H,2,16-18H2,1H3. The van der Waals surface area contributed by atoms with E-state index in [2.05, 4.69) is 0 Å². The Kier molecular flexibility index (Phi) is 7.61. The first-order valence-electron chi connectivity index (χ1n) is 9.81. The molecule has 0 aromatic heterocycles. The number of carbonyl (C=O) groups is 2. The third-order valence-corrected chi connectivity index (χ3v) is 4.31. The van der Waals surface area contributed by atoms with Gasteiger partial charge in [0.1, 0.15) is 31.1 Å². The number of carbonyl (C=O) groups excluding carboxylic acids is 2. The van der Waals surface area contributed by atoms with Crippen molar-refractivity contribution in [3.05, 3.63) is 95.6 Å². The maximum Gasteiger partial charge on any atom is 0.313 e. The van der Waals surface area contributed by atoms with Gasteiger partial charge in [0.05, 0.1) is 6.61 Å². The summed E-state index contributed by atoms with van der Waals surface area (Å²) < 4.78 is 16.6. The second kappa shape index (κ2) is 10.8. The molecule has 0 aliphatic rings. The van der Waals surface area contributed by atoms with Crippen molar-refractivity contribution in [1.29, 1.82) is 0 Å². The third-order valence-electron chi connectivity index (χ3n) is 4.31. The molecule has 0 unspecified atom stereocenters. The molecule has 154 valence electrons. The van der Waals surface area contributed by atoms with Crippen molar-refractivity contribution in [2.75, 3.05) is 6.61 Å². The number of hydrogen-bond acceptors (Lipinski definition) is 5. The number of ketones is 1. The van der Waals surface area contributed by atoms with E-state index in [1.165, 1.54) is 0 Å². The molecule has 3 aromatic carbocycles. The topological polar surface area (TPSA) is 61.8 Å². The van der Waals surface area contributed by atoms with Crippen LogP contribution in [0.3, 0.4) is 0 Å². The van der Waals surface area contributed by atoms with Gasteiger partial charge >= 0.3 is 5.97 Å². The van der Waals surface area contributed by atoms with Crippen LogP contribution >= 0.6 is 0 Å². The minimum atomic E-state index is -0.551. The molecule has 0 saturated heterocycles. The number of benzene rings is 3. The smallest absolute Gasteiger partial charge is 0.313 e. The minimum absolute atomic E-state index is 0.234. The van der Waals surface area contributed by atoms with Crippen molar-refractivity contribution >= 4 is 11.8 Å². The lowest BCUT2D eigenvalue weighted by atomic mass is 10.1. The fourth-order valence-electron chi connectivity index (χ4n) is 2.83. The van der Waals surface area contributed by atoms with Crippen molar-refractivity contribution in [2.45, 2.75) is 26.6 Å². The van der Waals surface area contributed by atoms with Gasteiger partial charge in [0, 0.05) is 11.6 Å². The second-order valence-corrected chi connectivity index (χ2v) is 6.65. The van der Waals surface area contributed by atoms with Crippen LogP contribution in [0.25, 0.3) is 0 Å². The molecule has 0 spiro atoms. The zero-order valence-corrected chi connectivity index (χ0v) is 16.9. The Hall–Kier alpha value is -3.60. The Labute approximate surface area is 176 Å². The molecule has 0 aliphatic carbocycles. The maximum atomic E-state index is 12.6. The lowest BCUT2D eigenvalue weighted by Gasteiger charge is -2.12. The molecule has 5 nitrogen and oxygen atoms in total. The molecule has 0 amide bonds. The van der Waals surface area contributed by atoms with Crippen molar-refractivity contribution in [3.63, 3.8) is 0 Å². The molecule has 0 saturated carbocycles. The fraction of sp³-hybridized carbons (Fsp3) is 0.200. The molecule has 0 fully saturated rings. The average molecular weight is 404 g/mol. The van der Waals surface area contributed by atoms with Gasteiger partial charge in [-0.05, 0) is 30.2 Å². The van der Waals surface area contributed by atoms with E-state index in [9.17, 15) is 9.59 Å². The minimum Gasteiger partial charge on any atom is -0.489 e. The van der Waals surface area contributed by atoms with Crippen LogP contribution < -0.4 is 9.47 Å². The number of hydrogen-bond donors (Lipinski definition) is 0. The largest absolute Gasteiger partial charge is 0.489 e. The van der Waals surface area contributed by atoms with E-state index in [-0.39, 0.29) is 18.8 Å². The SMILES string of the molecule is CCOC(=O)CC(=O)c1cc(OCc2ccccc2)cc(OCc2ccccc2)c1. The molecule has 0 atom stereocenters. The van der Waals surface area contributed by atoms with Gasteiger partial charge in [-0.1, -0.05) is 60.7 Å². The predicted octanol–water partition coefficient (Wildman–Crippen LogP) is 4.98. The fourth-order valence-corrected chi connectivity index (χ4v) is 2.83. The first-order valence-corrected chi connectivity index (χ1v) is 9.81. The monoisotopic (exact) mass is 404 g/mol. The van der Waals surface area contributed by atoms with Crippen molar-refractivity contribution in [1.82, 2.24) is 0 Å². The number of rotatable bonds is 10. The van der Waals surface area contributed by atoms with Gasteiger partial charge in [0.25, 0.3) is 0 Å². The summed E-state index contributed by atoms with van der Waals surface area (Å²) in [5.41, 5.74) is 2.36. The zero-order chi connectivity index (χ0) is 21.2. The van der Waals surface area contributed by atoms with Crippen LogP contribution in [0.5, 0.6) is 11.5 Å². The Morgan fingerprint density at radius 2 is 1.23 bits per heavy atom. The van der Waals surface area contributed by atoms with Crippen molar-refractivity contribution in [2.24, 2.45) is 0 Å². The second-order valence-electron chi connectivity index (χ2n) is 6.65. The Morgan fingerprint density at radius 1 is 0.733 bits per heavy atom. The van der Waals surface area contributed by atoms with Crippen LogP contribution in [0.4, 0.5) is 0 Å². The van der Waals surface area contributed by atoms with Crippen LogP contribution in [0, 0.1) is 0 Å². The zero-order valence-electron chi connectivity index (χ0n) is 16.9. The summed E-state index contributed by atoms with van der Waals surface area (Å²) in [7, 11) is 0. The quantitative estimate of drug-likeness (QED) is 0.271. The summed E-state index contributed by atoms with van der Waals surface area (Å²) in [4.78, 5) is 24.3. The maximum absolute atomic E-state index is 12.6. The van der Waals surface area contributed by atoms with Crippen molar-refractivity contribution in [3.8, 4) is 11.5 Å². The Morgan fingerprint density at radius 3 is 1.70 bits per heavy atom. The van der Waals surface area contributed by atoms with Gasteiger partial charge < -0.3 is 14.2 Å². The highest BCUT2D eigenvalue weighted by atomic mass is 16.5.